The van der Waals surface area contributed by atoms with Crippen LogP contribution in [0, 0.1) is 5.82 Å². The largest absolute Gasteiger partial charge is 0.350 e. The Hall–Kier alpha value is -0.940. The molecule has 94 valence electrons. The number of rotatable bonds is 4. The molecule has 0 spiro atoms. The van der Waals surface area contributed by atoms with Crippen molar-refractivity contribution in [1.82, 2.24) is 10.2 Å². The van der Waals surface area contributed by atoms with Gasteiger partial charge in [0.2, 0.25) is 0 Å². The first kappa shape index (κ1) is 14.1. The number of carbonyl (C=O) groups excluding carboxylic acids is 1. The lowest BCUT2D eigenvalue weighted by Crippen LogP contribution is -2.38. The summed E-state index contributed by atoms with van der Waals surface area (Å²) >= 11 is 3.05. The second-order valence-electron chi connectivity index (χ2n) is 4.15. The third kappa shape index (κ3) is 4.09. The third-order valence-corrected chi connectivity index (χ3v) is 3.23. The summed E-state index contributed by atoms with van der Waals surface area (Å²) in [6.07, 6.45) is 0. The zero-order chi connectivity index (χ0) is 13.0. The highest BCUT2D eigenvalue weighted by molar-refractivity contribution is 9.10. The van der Waals surface area contributed by atoms with E-state index in [0.29, 0.717) is 16.6 Å². The highest BCUT2D eigenvalue weighted by Crippen LogP contribution is 2.16. The molecule has 0 aromatic heterocycles. The fraction of sp³-hybridized carbons (Fsp3) is 0.417. The van der Waals surface area contributed by atoms with Gasteiger partial charge >= 0.3 is 0 Å². The second-order valence-corrected chi connectivity index (χ2v) is 5.01. The molecule has 1 rings (SSSR count). The summed E-state index contributed by atoms with van der Waals surface area (Å²) in [6, 6.07) is 4.47. The van der Waals surface area contributed by atoms with Crippen molar-refractivity contribution < 1.29 is 9.18 Å². The van der Waals surface area contributed by atoms with Crippen molar-refractivity contribution in [2.45, 2.75) is 13.0 Å². The first-order valence-corrected chi connectivity index (χ1v) is 6.10. The average molecular weight is 303 g/mol. The van der Waals surface area contributed by atoms with Crippen molar-refractivity contribution in [1.29, 1.82) is 0 Å². The molecular formula is C12H16BrFN2O. The van der Waals surface area contributed by atoms with Gasteiger partial charge in [-0.2, -0.15) is 0 Å². The standard InChI is InChI=1S/C12H16BrFN2O/c1-8(16(2)3)7-15-12(17)9-4-5-11(14)10(13)6-9/h4-6,8H,7H2,1-3H3,(H,15,17). The smallest absolute Gasteiger partial charge is 0.251 e. The number of amides is 1. The molecule has 0 aliphatic heterocycles. The van der Waals surface area contributed by atoms with Gasteiger partial charge < -0.3 is 10.2 Å². The Morgan fingerprint density at radius 2 is 2.18 bits per heavy atom. The van der Waals surface area contributed by atoms with E-state index >= 15 is 0 Å². The highest BCUT2D eigenvalue weighted by atomic mass is 79.9. The molecule has 1 unspecified atom stereocenters. The van der Waals surface area contributed by atoms with Crippen molar-refractivity contribution in [2.75, 3.05) is 20.6 Å². The number of halogens is 2. The van der Waals surface area contributed by atoms with Crippen LogP contribution in [0.2, 0.25) is 0 Å². The lowest BCUT2D eigenvalue weighted by molar-refractivity contribution is 0.0943. The summed E-state index contributed by atoms with van der Waals surface area (Å²) in [7, 11) is 3.90. The molecule has 1 aromatic carbocycles. The molecule has 1 N–H and O–H groups in total. The van der Waals surface area contributed by atoms with Crippen molar-refractivity contribution in [3.05, 3.63) is 34.1 Å². The van der Waals surface area contributed by atoms with Gasteiger partial charge in [-0.05, 0) is 55.1 Å². The fourth-order valence-corrected chi connectivity index (χ4v) is 1.54. The van der Waals surface area contributed by atoms with E-state index in [1.54, 1.807) is 0 Å². The van der Waals surface area contributed by atoms with Gasteiger partial charge in [0.05, 0.1) is 4.47 Å². The van der Waals surface area contributed by atoms with Crippen LogP contribution in [0.1, 0.15) is 17.3 Å². The summed E-state index contributed by atoms with van der Waals surface area (Å²) in [5.41, 5.74) is 0.448. The molecule has 1 aromatic rings. The second kappa shape index (κ2) is 6.12. The van der Waals surface area contributed by atoms with Crippen molar-refractivity contribution in [3.8, 4) is 0 Å². The van der Waals surface area contributed by atoms with E-state index < -0.39 is 0 Å². The van der Waals surface area contributed by atoms with Crippen LogP contribution in [0.5, 0.6) is 0 Å². The monoisotopic (exact) mass is 302 g/mol. The predicted molar refractivity (Wildman–Crippen MR) is 69.6 cm³/mol. The molecule has 0 aliphatic carbocycles. The van der Waals surface area contributed by atoms with Crippen LogP contribution >= 0.6 is 15.9 Å². The van der Waals surface area contributed by atoms with Crippen LogP contribution in [0.3, 0.4) is 0 Å². The summed E-state index contributed by atoms with van der Waals surface area (Å²) in [6.45, 7) is 2.57. The lowest BCUT2D eigenvalue weighted by Gasteiger charge is -2.19. The molecule has 0 heterocycles. The fourth-order valence-electron chi connectivity index (χ4n) is 1.16. The SMILES string of the molecule is CC(CNC(=O)c1ccc(F)c(Br)c1)N(C)C. The normalized spacial score (nSPS) is 12.6. The molecule has 0 bridgehead atoms. The first-order chi connectivity index (χ1) is 7.91. The molecule has 1 amide bonds. The zero-order valence-corrected chi connectivity index (χ0v) is 11.7. The summed E-state index contributed by atoms with van der Waals surface area (Å²) in [4.78, 5) is 13.8. The average Bonchev–Trinajstić information content (AvgIpc) is 2.28. The molecule has 0 radical (unpaired) electrons. The minimum absolute atomic E-state index is 0.195. The number of nitrogens with one attached hydrogen (secondary N) is 1. The molecule has 0 aliphatic rings. The Morgan fingerprint density at radius 1 is 1.53 bits per heavy atom. The molecule has 1 atom stereocenters. The van der Waals surface area contributed by atoms with Gasteiger partial charge in [0.15, 0.2) is 0 Å². The van der Waals surface area contributed by atoms with E-state index in [9.17, 15) is 9.18 Å². The van der Waals surface area contributed by atoms with Crippen LogP contribution < -0.4 is 5.32 Å². The quantitative estimate of drug-likeness (QED) is 0.925. The number of nitrogens with zero attached hydrogens (tertiary/aromatic N) is 1. The molecule has 0 saturated carbocycles. The molecular weight excluding hydrogens is 287 g/mol. The zero-order valence-electron chi connectivity index (χ0n) is 10.1. The minimum Gasteiger partial charge on any atom is -0.350 e. The van der Waals surface area contributed by atoms with E-state index in [4.69, 9.17) is 0 Å². The number of hydrogen-bond acceptors (Lipinski definition) is 2. The van der Waals surface area contributed by atoms with E-state index in [-0.39, 0.29) is 17.8 Å². The Bertz CT molecular complexity index is 409. The third-order valence-electron chi connectivity index (χ3n) is 2.62. The van der Waals surface area contributed by atoms with Crippen LogP contribution in [-0.4, -0.2) is 37.5 Å². The van der Waals surface area contributed by atoms with Crippen molar-refractivity contribution in [3.63, 3.8) is 0 Å². The maximum absolute atomic E-state index is 13.0. The highest BCUT2D eigenvalue weighted by Gasteiger charge is 2.10. The van der Waals surface area contributed by atoms with E-state index in [1.165, 1.54) is 18.2 Å². The molecule has 0 fully saturated rings. The van der Waals surface area contributed by atoms with Gasteiger partial charge in [0, 0.05) is 18.2 Å². The van der Waals surface area contributed by atoms with Gasteiger partial charge in [0.25, 0.3) is 5.91 Å². The van der Waals surface area contributed by atoms with Crippen LogP contribution in [-0.2, 0) is 0 Å². The van der Waals surface area contributed by atoms with Gasteiger partial charge in [-0.3, -0.25) is 4.79 Å². The van der Waals surface area contributed by atoms with Gasteiger partial charge in [-0.25, -0.2) is 4.39 Å². The van der Waals surface area contributed by atoms with E-state index in [1.807, 2.05) is 25.9 Å². The van der Waals surface area contributed by atoms with Gasteiger partial charge in [-0.15, -0.1) is 0 Å². The number of hydrogen-bond donors (Lipinski definition) is 1. The number of benzene rings is 1. The molecule has 5 heteroatoms. The van der Waals surface area contributed by atoms with Crippen LogP contribution in [0.15, 0.2) is 22.7 Å². The summed E-state index contributed by atoms with van der Waals surface area (Å²) in [5, 5.41) is 2.80. The number of carbonyl (C=O) groups is 1. The summed E-state index contributed by atoms with van der Waals surface area (Å²) in [5.74, 6) is -0.567. The topological polar surface area (TPSA) is 32.3 Å². The Labute approximate surface area is 109 Å². The van der Waals surface area contributed by atoms with Crippen molar-refractivity contribution in [2.24, 2.45) is 0 Å². The van der Waals surface area contributed by atoms with Gasteiger partial charge in [0.1, 0.15) is 5.82 Å². The first-order valence-electron chi connectivity index (χ1n) is 5.31. The lowest BCUT2D eigenvalue weighted by atomic mass is 10.2. The predicted octanol–water partition coefficient (Wildman–Crippen LogP) is 2.27. The van der Waals surface area contributed by atoms with Crippen molar-refractivity contribution >= 4 is 21.8 Å². The van der Waals surface area contributed by atoms with E-state index in [2.05, 4.69) is 21.2 Å². The van der Waals surface area contributed by atoms with Crippen LogP contribution in [0.25, 0.3) is 0 Å². The maximum atomic E-state index is 13.0. The summed E-state index contributed by atoms with van der Waals surface area (Å²) < 4.78 is 13.3. The Morgan fingerprint density at radius 3 is 2.71 bits per heavy atom. The maximum Gasteiger partial charge on any atom is 0.251 e. The van der Waals surface area contributed by atoms with E-state index in [0.717, 1.165) is 0 Å². The van der Waals surface area contributed by atoms with Crippen LogP contribution in [0.4, 0.5) is 4.39 Å². The van der Waals surface area contributed by atoms with Gasteiger partial charge in [-0.1, -0.05) is 0 Å². The number of likely N-dealkylation sites (N-methyl/N-ethyl adjacent to an activating group) is 1. The molecule has 17 heavy (non-hydrogen) atoms. The Kier molecular flexibility index (Phi) is 5.08. The molecule has 0 saturated heterocycles. The minimum atomic E-state index is -0.372. The Balaban J connectivity index is 2.61. The molecule has 3 nitrogen and oxygen atoms in total.